The molecule has 86 valence electrons. The molecule has 3 heteroatoms. The molecule has 1 N–H and O–H groups in total. The summed E-state index contributed by atoms with van der Waals surface area (Å²) in [7, 11) is 0. The van der Waals surface area contributed by atoms with Gasteiger partial charge in [0.25, 0.3) is 0 Å². The first kappa shape index (κ1) is 11.4. The second-order valence-electron chi connectivity index (χ2n) is 4.15. The average Bonchev–Trinajstić information content (AvgIpc) is 2.90. The monoisotopic (exact) mass is 235 g/mol. The molecule has 1 unspecified atom stereocenters. The quantitative estimate of drug-likeness (QED) is 0.781. The Kier molecular flexibility index (Phi) is 4.17. The van der Waals surface area contributed by atoms with E-state index in [2.05, 4.69) is 28.9 Å². The number of carbonyl (C=O) groups excluding carboxylic acids is 1. The van der Waals surface area contributed by atoms with Gasteiger partial charge in [0.05, 0.1) is 0 Å². The normalized spacial score (nSPS) is 18.9. The summed E-state index contributed by atoms with van der Waals surface area (Å²) in [6, 6.07) is 4.15. The molecule has 16 heavy (non-hydrogen) atoms. The predicted octanol–water partition coefficient (Wildman–Crippen LogP) is 2.76. The Morgan fingerprint density at radius 2 is 2.50 bits per heavy atom. The van der Waals surface area contributed by atoms with Crippen molar-refractivity contribution in [1.29, 1.82) is 0 Å². The average molecular weight is 235 g/mol. The zero-order valence-corrected chi connectivity index (χ0v) is 10.1. The van der Waals surface area contributed by atoms with Gasteiger partial charge in [-0.05, 0) is 36.6 Å². The van der Waals surface area contributed by atoms with Gasteiger partial charge in [0.2, 0.25) is 5.91 Å². The summed E-state index contributed by atoms with van der Waals surface area (Å²) in [5.41, 5.74) is 0. The third-order valence-electron chi connectivity index (χ3n) is 2.83. The van der Waals surface area contributed by atoms with Crippen molar-refractivity contribution >= 4 is 17.2 Å². The molecule has 0 aromatic carbocycles. The largest absolute Gasteiger partial charge is 0.356 e. The molecule has 1 aromatic rings. The smallest absolute Gasteiger partial charge is 0.220 e. The van der Waals surface area contributed by atoms with Crippen molar-refractivity contribution in [3.63, 3.8) is 0 Å². The Labute approximate surface area is 100 Å². The lowest BCUT2D eigenvalue weighted by Crippen LogP contribution is -2.26. The first-order chi connectivity index (χ1) is 7.84. The summed E-state index contributed by atoms with van der Waals surface area (Å²) in [4.78, 5) is 12.9. The lowest BCUT2D eigenvalue weighted by atomic mass is 10.1. The fourth-order valence-electron chi connectivity index (χ4n) is 1.96. The van der Waals surface area contributed by atoms with Crippen molar-refractivity contribution in [2.24, 2.45) is 5.92 Å². The Hall–Kier alpha value is -1.09. The lowest BCUT2D eigenvalue weighted by Gasteiger charge is -2.07. The first-order valence-electron chi connectivity index (χ1n) is 5.80. The Morgan fingerprint density at radius 3 is 3.19 bits per heavy atom. The van der Waals surface area contributed by atoms with E-state index in [0.29, 0.717) is 12.3 Å². The zero-order valence-electron chi connectivity index (χ0n) is 9.32. The van der Waals surface area contributed by atoms with Crippen LogP contribution in [0.1, 0.15) is 24.1 Å². The number of carbonyl (C=O) groups is 1. The lowest BCUT2D eigenvalue weighted by molar-refractivity contribution is -0.121. The van der Waals surface area contributed by atoms with E-state index >= 15 is 0 Å². The van der Waals surface area contributed by atoms with Crippen LogP contribution in [-0.2, 0) is 11.2 Å². The maximum absolute atomic E-state index is 11.6. The minimum absolute atomic E-state index is 0.188. The highest BCUT2D eigenvalue weighted by Crippen LogP contribution is 2.19. The highest BCUT2D eigenvalue weighted by atomic mass is 32.1. The van der Waals surface area contributed by atoms with E-state index in [9.17, 15) is 4.79 Å². The van der Waals surface area contributed by atoms with E-state index in [-0.39, 0.29) is 5.91 Å². The fraction of sp³-hybridized carbons (Fsp3) is 0.462. The Morgan fingerprint density at radius 1 is 1.56 bits per heavy atom. The molecule has 1 aromatic heterocycles. The van der Waals surface area contributed by atoms with Crippen LogP contribution in [0.4, 0.5) is 0 Å². The van der Waals surface area contributed by atoms with Gasteiger partial charge >= 0.3 is 0 Å². The van der Waals surface area contributed by atoms with Crippen LogP contribution >= 0.6 is 11.3 Å². The number of hydrogen-bond acceptors (Lipinski definition) is 2. The minimum atomic E-state index is 0.188. The summed E-state index contributed by atoms with van der Waals surface area (Å²) < 4.78 is 0. The van der Waals surface area contributed by atoms with Gasteiger partial charge in [0.1, 0.15) is 0 Å². The van der Waals surface area contributed by atoms with E-state index in [0.717, 1.165) is 25.8 Å². The van der Waals surface area contributed by atoms with Crippen molar-refractivity contribution in [3.8, 4) is 0 Å². The maximum atomic E-state index is 11.6. The highest BCUT2D eigenvalue weighted by Gasteiger charge is 2.13. The third-order valence-corrected chi connectivity index (χ3v) is 3.77. The molecule has 2 rings (SSSR count). The van der Waals surface area contributed by atoms with E-state index in [1.54, 1.807) is 11.3 Å². The minimum Gasteiger partial charge on any atom is -0.356 e. The van der Waals surface area contributed by atoms with Crippen molar-refractivity contribution in [1.82, 2.24) is 5.32 Å². The first-order valence-corrected chi connectivity index (χ1v) is 6.68. The molecule has 0 saturated carbocycles. The van der Waals surface area contributed by atoms with Crippen LogP contribution in [0.2, 0.25) is 0 Å². The Balaban J connectivity index is 1.62. The van der Waals surface area contributed by atoms with Crippen LogP contribution in [0.25, 0.3) is 0 Å². The van der Waals surface area contributed by atoms with Gasteiger partial charge in [-0.2, -0.15) is 0 Å². The van der Waals surface area contributed by atoms with Crippen molar-refractivity contribution in [2.75, 3.05) is 6.54 Å². The van der Waals surface area contributed by atoms with Gasteiger partial charge in [-0.3, -0.25) is 4.79 Å². The SMILES string of the molecule is O=C(CC1C=CCC1)NCCc1cccs1. The third kappa shape index (κ3) is 3.49. The summed E-state index contributed by atoms with van der Waals surface area (Å²) in [5.74, 6) is 0.662. The molecule has 1 heterocycles. The van der Waals surface area contributed by atoms with Gasteiger partial charge in [-0.1, -0.05) is 18.2 Å². The highest BCUT2D eigenvalue weighted by molar-refractivity contribution is 7.09. The molecule has 1 atom stereocenters. The molecule has 1 aliphatic rings. The second-order valence-corrected chi connectivity index (χ2v) is 5.18. The van der Waals surface area contributed by atoms with E-state index < -0.39 is 0 Å². The maximum Gasteiger partial charge on any atom is 0.220 e. The molecule has 0 radical (unpaired) electrons. The second kappa shape index (κ2) is 5.85. The van der Waals surface area contributed by atoms with Crippen LogP contribution in [-0.4, -0.2) is 12.5 Å². The Bertz CT molecular complexity index is 356. The van der Waals surface area contributed by atoms with Crippen LogP contribution in [0.5, 0.6) is 0 Å². The number of rotatable bonds is 5. The van der Waals surface area contributed by atoms with Gasteiger partial charge in [-0.25, -0.2) is 0 Å². The van der Waals surface area contributed by atoms with E-state index in [1.807, 2.05) is 6.07 Å². The number of nitrogens with one attached hydrogen (secondary N) is 1. The molecule has 0 fully saturated rings. The predicted molar refractivity (Wildman–Crippen MR) is 67.5 cm³/mol. The van der Waals surface area contributed by atoms with Crippen molar-refractivity contribution in [2.45, 2.75) is 25.7 Å². The molecule has 0 aliphatic heterocycles. The molecule has 1 aliphatic carbocycles. The number of amides is 1. The summed E-state index contributed by atoms with van der Waals surface area (Å²) in [6.45, 7) is 0.760. The molecule has 2 nitrogen and oxygen atoms in total. The molecular formula is C13H17NOS. The van der Waals surface area contributed by atoms with E-state index in [4.69, 9.17) is 0 Å². The standard InChI is InChI=1S/C13H17NOS/c15-13(10-11-4-1-2-5-11)14-8-7-12-6-3-9-16-12/h1,3-4,6,9,11H,2,5,7-8,10H2,(H,14,15). The van der Waals surface area contributed by atoms with Gasteiger partial charge < -0.3 is 5.32 Å². The van der Waals surface area contributed by atoms with Gasteiger partial charge in [0.15, 0.2) is 0 Å². The topological polar surface area (TPSA) is 29.1 Å². The summed E-state index contributed by atoms with van der Waals surface area (Å²) in [5, 5.41) is 5.05. The van der Waals surface area contributed by atoms with E-state index in [1.165, 1.54) is 4.88 Å². The number of thiophene rings is 1. The van der Waals surface area contributed by atoms with Crippen molar-refractivity contribution in [3.05, 3.63) is 34.5 Å². The molecule has 0 spiro atoms. The van der Waals surface area contributed by atoms with Crippen molar-refractivity contribution < 1.29 is 4.79 Å². The number of hydrogen-bond donors (Lipinski definition) is 1. The molecule has 0 saturated heterocycles. The molecule has 1 amide bonds. The fourth-order valence-corrected chi connectivity index (χ4v) is 2.66. The summed E-state index contributed by atoms with van der Waals surface area (Å²) >= 11 is 1.75. The van der Waals surface area contributed by atoms with Crippen LogP contribution in [0.3, 0.4) is 0 Å². The molecular weight excluding hydrogens is 218 g/mol. The van der Waals surface area contributed by atoms with Crippen LogP contribution in [0.15, 0.2) is 29.7 Å². The zero-order chi connectivity index (χ0) is 11.2. The number of allylic oxidation sites excluding steroid dienone is 2. The van der Waals surface area contributed by atoms with Crippen LogP contribution < -0.4 is 5.32 Å². The summed E-state index contributed by atoms with van der Waals surface area (Å²) in [6.07, 6.45) is 8.21. The molecule has 0 bridgehead atoms. The van der Waals surface area contributed by atoms with Crippen LogP contribution in [0, 0.1) is 5.92 Å². The van der Waals surface area contributed by atoms with Gasteiger partial charge in [0, 0.05) is 17.8 Å². The van der Waals surface area contributed by atoms with Gasteiger partial charge in [-0.15, -0.1) is 11.3 Å².